The van der Waals surface area contributed by atoms with Crippen molar-refractivity contribution in [2.24, 2.45) is 0 Å². The topological polar surface area (TPSA) is 73.1 Å². The molecule has 1 heterocycles. The summed E-state index contributed by atoms with van der Waals surface area (Å²) in [5.74, 6) is -0.681. The van der Waals surface area contributed by atoms with E-state index in [0.717, 1.165) is 0 Å². The molecule has 0 aromatic heterocycles. The maximum atomic E-state index is 11.6. The Bertz CT molecular complexity index is 524. The molecule has 1 aliphatic rings. The number of hydrogen-bond donors (Lipinski definition) is 2. The van der Waals surface area contributed by atoms with Crippen LogP contribution >= 0.6 is 23.2 Å². The molecule has 1 aromatic rings. The predicted octanol–water partition coefficient (Wildman–Crippen LogP) is 2.05. The molecule has 0 saturated heterocycles. The maximum absolute atomic E-state index is 11.6. The highest BCUT2D eigenvalue weighted by molar-refractivity contribution is 6.38. The minimum atomic E-state index is -1.91. The Morgan fingerprint density at radius 2 is 2.06 bits per heavy atom. The van der Waals surface area contributed by atoms with Gasteiger partial charge in [0.05, 0.1) is 23.2 Å². The van der Waals surface area contributed by atoms with Crippen LogP contribution in [0.25, 0.3) is 0 Å². The third-order valence-electron chi connectivity index (χ3n) is 2.47. The molecule has 2 N–H and O–H groups in total. The first-order valence-electron chi connectivity index (χ1n) is 4.40. The highest BCUT2D eigenvalue weighted by atomic mass is 35.5. The third kappa shape index (κ3) is 1.37. The Morgan fingerprint density at radius 3 is 2.69 bits per heavy atom. The average molecular weight is 257 g/mol. The molecule has 1 atom stereocenters. The summed E-state index contributed by atoms with van der Waals surface area (Å²) < 4.78 is 0. The average Bonchev–Trinajstić information content (AvgIpc) is 2.48. The van der Waals surface area contributed by atoms with Crippen molar-refractivity contribution in [1.29, 1.82) is 5.26 Å². The van der Waals surface area contributed by atoms with Gasteiger partial charge in [0.2, 0.25) is 0 Å². The lowest BCUT2D eigenvalue weighted by molar-refractivity contribution is -0.133. The lowest BCUT2D eigenvalue weighted by Gasteiger charge is -2.17. The summed E-state index contributed by atoms with van der Waals surface area (Å²) >= 11 is 11.8. The maximum Gasteiger partial charge on any atom is 0.262 e. The van der Waals surface area contributed by atoms with Crippen LogP contribution in [-0.4, -0.2) is 11.0 Å². The van der Waals surface area contributed by atoms with Crippen LogP contribution in [0.3, 0.4) is 0 Å². The van der Waals surface area contributed by atoms with E-state index in [1.54, 1.807) is 6.07 Å². The number of nitrogens with one attached hydrogen (secondary N) is 1. The van der Waals surface area contributed by atoms with Gasteiger partial charge in [-0.1, -0.05) is 23.2 Å². The van der Waals surface area contributed by atoms with Gasteiger partial charge < -0.3 is 10.4 Å². The fourth-order valence-corrected chi connectivity index (χ4v) is 2.21. The largest absolute Gasteiger partial charge is 0.374 e. The molecule has 1 aromatic carbocycles. The van der Waals surface area contributed by atoms with Gasteiger partial charge >= 0.3 is 0 Å². The van der Waals surface area contributed by atoms with Gasteiger partial charge in [-0.25, -0.2) is 0 Å². The zero-order valence-electron chi connectivity index (χ0n) is 7.92. The summed E-state index contributed by atoms with van der Waals surface area (Å²) in [4.78, 5) is 11.6. The Balaban J connectivity index is 2.70. The molecule has 1 amide bonds. The van der Waals surface area contributed by atoms with Crippen LogP contribution in [-0.2, 0) is 10.4 Å². The second-order valence-corrected chi connectivity index (χ2v) is 4.24. The van der Waals surface area contributed by atoms with E-state index in [2.05, 4.69) is 5.32 Å². The van der Waals surface area contributed by atoms with Crippen molar-refractivity contribution < 1.29 is 9.90 Å². The van der Waals surface area contributed by atoms with Gasteiger partial charge in [0, 0.05) is 10.6 Å². The van der Waals surface area contributed by atoms with Crippen molar-refractivity contribution in [2.75, 3.05) is 5.32 Å². The fourth-order valence-electron chi connectivity index (χ4n) is 1.69. The van der Waals surface area contributed by atoms with Crippen LogP contribution in [0, 0.1) is 11.3 Å². The third-order valence-corrected chi connectivity index (χ3v) is 3.10. The molecule has 6 heteroatoms. The van der Waals surface area contributed by atoms with Crippen molar-refractivity contribution in [3.05, 3.63) is 27.7 Å². The number of rotatable bonds is 1. The number of benzene rings is 1. The van der Waals surface area contributed by atoms with E-state index < -0.39 is 11.5 Å². The summed E-state index contributed by atoms with van der Waals surface area (Å²) in [7, 11) is 0. The van der Waals surface area contributed by atoms with E-state index in [1.807, 2.05) is 0 Å². The van der Waals surface area contributed by atoms with Crippen LogP contribution < -0.4 is 5.32 Å². The second-order valence-electron chi connectivity index (χ2n) is 3.43. The molecule has 1 unspecified atom stereocenters. The van der Waals surface area contributed by atoms with E-state index in [4.69, 9.17) is 28.5 Å². The van der Waals surface area contributed by atoms with Gasteiger partial charge in [0.1, 0.15) is 0 Å². The number of halogens is 2. The monoisotopic (exact) mass is 256 g/mol. The first-order valence-corrected chi connectivity index (χ1v) is 5.15. The number of aliphatic hydroxyl groups is 1. The van der Waals surface area contributed by atoms with Crippen molar-refractivity contribution in [2.45, 2.75) is 12.0 Å². The quantitative estimate of drug-likeness (QED) is 0.808. The Morgan fingerprint density at radius 1 is 1.44 bits per heavy atom. The number of nitriles is 1. The molecule has 2 rings (SSSR count). The van der Waals surface area contributed by atoms with Crippen LogP contribution in [0.4, 0.5) is 5.69 Å². The van der Waals surface area contributed by atoms with Gasteiger partial charge in [-0.15, -0.1) is 0 Å². The molecule has 0 spiro atoms. The molecule has 16 heavy (non-hydrogen) atoms. The van der Waals surface area contributed by atoms with E-state index in [0.29, 0.717) is 0 Å². The Hall–Kier alpha value is -1.28. The molecule has 0 radical (unpaired) electrons. The van der Waals surface area contributed by atoms with Crippen molar-refractivity contribution in [3.8, 4) is 6.07 Å². The summed E-state index contributed by atoms with van der Waals surface area (Å²) in [6.07, 6.45) is -0.369. The minimum Gasteiger partial charge on any atom is -0.374 e. The second kappa shape index (κ2) is 3.63. The lowest BCUT2D eigenvalue weighted by atomic mass is 9.92. The van der Waals surface area contributed by atoms with E-state index in [-0.39, 0.29) is 27.7 Å². The fraction of sp³-hybridized carbons (Fsp3) is 0.200. The molecule has 0 aliphatic carbocycles. The molecule has 82 valence electrons. The van der Waals surface area contributed by atoms with E-state index >= 15 is 0 Å². The molecule has 1 aliphatic heterocycles. The van der Waals surface area contributed by atoms with Crippen LogP contribution in [0.5, 0.6) is 0 Å². The number of anilines is 1. The first-order chi connectivity index (χ1) is 7.50. The molecular formula is C10H6Cl2N2O2. The molecule has 4 nitrogen and oxygen atoms in total. The number of fused-ring (bicyclic) bond motifs is 1. The Labute approximate surface area is 101 Å². The highest BCUT2D eigenvalue weighted by Gasteiger charge is 2.47. The van der Waals surface area contributed by atoms with Gasteiger partial charge in [-0.2, -0.15) is 5.26 Å². The highest BCUT2D eigenvalue weighted by Crippen LogP contribution is 2.45. The minimum absolute atomic E-state index is 0.174. The zero-order chi connectivity index (χ0) is 11.9. The number of hydrogen-bond acceptors (Lipinski definition) is 3. The van der Waals surface area contributed by atoms with Crippen LogP contribution in [0.1, 0.15) is 12.0 Å². The summed E-state index contributed by atoms with van der Waals surface area (Å²) in [6.45, 7) is 0. The van der Waals surface area contributed by atoms with Crippen LogP contribution in [0.15, 0.2) is 12.1 Å². The van der Waals surface area contributed by atoms with Gasteiger partial charge in [0.15, 0.2) is 5.60 Å². The summed E-state index contributed by atoms with van der Waals surface area (Å²) in [6, 6.07) is 4.75. The van der Waals surface area contributed by atoms with E-state index in [9.17, 15) is 9.90 Å². The molecule has 0 bridgehead atoms. The van der Waals surface area contributed by atoms with Crippen molar-refractivity contribution in [3.63, 3.8) is 0 Å². The smallest absolute Gasteiger partial charge is 0.262 e. The standard InChI is InChI=1S/C10H6Cl2N2O2/c11-5-1-2-6(12)8-7(5)10(16,3-4-13)9(15)14-8/h1-2,16H,3H2,(H,14,15). The molecular weight excluding hydrogens is 251 g/mol. The van der Waals surface area contributed by atoms with Gasteiger partial charge in [0.25, 0.3) is 5.91 Å². The zero-order valence-corrected chi connectivity index (χ0v) is 9.43. The summed E-state index contributed by atoms with van der Waals surface area (Å²) in [5, 5.41) is 21.7. The first kappa shape index (κ1) is 11.2. The lowest BCUT2D eigenvalue weighted by Crippen LogP contribution is -2.33. The van der Waals surface area contributed by atoms with Gasteiger partial charge in [-0.3, -0.25) is 4.79 Å². The number of carbonyl (C=O) groups is 1. The Kier molecular flexibility index (Phi) is 2.55. The molecule has 0 saturated carbocycles. The normalized spacial score (nSPS) is 22.5. The number of amides is 1. The SMILES string of the molecule is N#CCC1(O)C(=O)Nc2c(Cl)ccc(Cl)c21. The van der Waals surface area contributed by atoms with Crippen molar-refractivity contribution in [1.82, 2.24) is 0 Å². The number of nitrogens with zero attached hydrogens (tertiary/aromatic N) is 1. The number of carbonyl (C=O) groups excluding carboxylic acids is 1. The molecule has 0 fully saturated rings. The summed E-state index contributed by atoms with van der Waals surface area (Å²) in [5.41, 5.74) is -1.46. The van der Waals surface area contributed by atoms with Crippen molar-refractivity contribution >= 4 is 34.8 Å². The predicted molar refractivity (Wildman–Crippen MR) is 59.2 cm³/mol. The van der Waals surface area contributed by atoms with E-state index in [1.165, 1.54) is 12.1 Å². The van der Waals surface area contributed by atoms with Gasteiger partial charge in [-0.05, 0) is 12.1 Å². The van der Waals surface area contributed by atoms with Crippen LogP contribution in [0.2, 0.25) is 10.0 Å².